The zero-order valence-electron chi connectivity index (χ0n) is 9.11. The number of hydrogen-bond donors (Lipinski definition) is 0. The lowest BCUT2D eigenvalue weighted by atomic mass is 9.73. The Hall–Kier alpha value is -0.520. The van der Waals surface area contributed by atoms with Gasteiger partial charge < -0.3 is 0 Å². The van der Waals surface area contributed by atoms with Crippen molar-refractivity contribution in [3.8, 4) is 0 Å². The molecule has 0 nitrogen and oxygen atoms in total. The molecule has 0 aliphatic heterocycles. The summed E-state index contributed by atoms with van der Waals surface area (Å²) in [7, 11) is 0. The molecule has 0 saturated heterocycles. The van der Waals surface area contributed by atoms with Crippen LogP contribution < -0.4 is 0 Å². The molecule has 0 saturated carbocycles. The second kappa shape index (κ2) is 2.73. The molecule has 0 amide bonds. The lowest BCUT2D eigenvalue weighted by molar-refractivity contribution is 0.361. The predicted molar refractivity (Wildman–Crippen MR) is 57.6 cm³/mol. The van der Waals surface area contributed by atoms with Crippen LogP contribution in [0.5, 0.6) is 0 Å². The van der Waals surface area contributed by atoms with Gasteiger partial charge in [0.15, 0.2) is 0 Å². The van der Waals surface area contributed by atoms with Gasteiger partial charge in [0, 0.05) is 0 Å². The van der Waals surface area contributed by atoms with Gasteiger partial charge in [-0.05, 0) is 48.2 Å². The number of rotatable bonds is 0. The standard InChI is InChI=1S/C13H20/c1-9-8-12-11(10(9)2)6-5-7-13(12,3)4/h9H,2,5-8H2,1,3-4H3. The number of allylic oxidation sites excluding steroid dienone is 3. The Labute approximate surface area is 81.7 Å². The molecule has 0 fully saturated rings. The van der Waals surface area contributed by atoms with Crippen molar-refractivity contribution in [3.05, 3.63) is 23.3 Å². The smallest absolute Gasteiger partial charge is 0.0138 e. The van der Waals surface area contributed by atoms with Gasteiger partial charge in [-0.1, -0.05) is 32.9 Å². The fourth-order valence-corrected chi connectivity index (χ4v) is 2.90. The minimum atomic E-state index is 0.460. The Morgan fingerprint density at radius 1 is 1.38 bits per heavy atom. The van der Waals surface area contributed by atoms with Crippen LogP contribution in [-0.4, -0.2) is 0 Å². The SMILES string of the molecule is C=C1C2=C(CC1C)C(C)(C)CCC2. The van der Waals surface area contributed by atoms with Gasteiger partial charge in [0.1, 0.15) is 0 Å². The zero-order chi connectivity index (χ0) is 9.64. The first-order chi connectivity index (χ1) is 6.02. The van der Waals surface area contributed by atoms with E-state index in [1.54, 1.807) is 11.1 Å². The van der Waals surface area contributed by atoms with Gasteiger partial charge in [-0.25, -0.2) is 0 Å². The van der Waals surface area contributed by atoms with E-state index >= 15 is 0 Å². The Balaban J connectivity index is 2.40. The third-order valence-corrected chi connectivity index (χ3v) is 3.90. The maximum absolute atomic E-state index is 4.23. The van der Waals surface area contributed by atoms with Crippen molar-refractivity contribution in [2.24, 2.45) is 11.3 Å². The van der Waals surface area contributed by atoms with Crippen LogP contribution >= 0.6 is 0 Å². The highest BCUT2D eigenvalue weighted by molar-refractivity contribution is 5.45. The highest BCUT2D eigenvalue weighted by Gasteiger charge is 2.36. The highest BCUT2D eigenvalue weighted by atomic mass is 14.4. The summed E-state index contributed by atoms with van der Waals surface area (Å²) in [6, 6.07) is 0. The summed E-state index contributed by atoms with van der Waals surface area (Å²) in [5.74, 6) is 0.711. The quantitative estimate of drug-likeness (QED) is 0.521. The van der Waals surface area contributed by atoms with Crippen LogP contribution in [0.15, 0.2) is 23.3 Å². The van der Waals surface area contributed by atoms with E-state index in [1.807, 2.05) is 0 Å². The molecule has 72 valence electrons. The van der Waals surface area contributed by atoms with Crippen LogP contribution in [0.4, 0.5) is 0 Å². The lowest BCUT2D eigenvalue weighted by Gasteiger charge is -2.32. The maximum Gasteiger partial charge on any atom is -0.0138 e. The molecule has 0 bridgehead atoms. The average Bonchev–Trinajstić information content (AvgIpc) is 2.32. The molecule has 0 radical (unpaired) electrons. The number of hydrogen-bond acceptors (Lipinski definition) is 0. The molecular weight excluding hydrogens is 156 g/mol. The van der Waals surface area contributed by atoms with E-state index < -0.39 is 0 Å². The van der Waals surface area contributed by atoms with Crippen molar-refractivity contribution in [1.82, 2.24) is 0 Å². The zero-order valence-corrected chi connectivity index (χ0v) is 9.11. The van der Waals surface area contributed by atoms with Crippen molar-refractivity contribution in [1.29, 1.82) is 0 Å². The fraction of sp³-hybridized carbons (Fsp3) is 0.692. The van der Waals surface area contributed by atoms with E-state index in [2.05, 4.69) is 27.4 Å². The molecule has 0 heterocycles. The van der Waals surface area contributed by atoms with Crippen molar-refractivity contribution in [3.63, 3.8) is 0 Å². The summed E-state index contributed by atoms with van der Waals surface area (Å²) in [4.78, 5) is 0. The summed E-state index contributed by atoms with van der Waals surface area (Å²) < 4.78 is 0. The van der Waals surface area contributed by atoms with E-state index in [1.165, 1.54) is 31.3 Å². The van der Waals surface area contributed by atoms with E-state index in [9.17, 15) is 0 Å². The summed E-state index contributed by atoms with van der Waals surface area (Å²) >= 11 is 0. The topological polar surface area (TPSA) is 0 Å². The van der Waals surface area contributed by atoms with Gasteiger partial charge in [-0.3, -0.25) is 0 Å². The van der Waals surface area contributed by atoms with Crippen molar-refractivity contribution in [2.45, 2.75) is 46.5 Å². The predicted octanol–water partition coefficient (Wildman–Crippen LogP) is 4.09. The van der Waals surface area contributed by atoms with Crippen molar-refractivity contribution in [2.75, 3.05) is 0 Å². The normalized spacial score (nSPS) is 32.2. The molecule has 0 spiro atoms. The maximum atomic E-state index is 4.23. The molecule has 13 heavy (non-hydrogen) atoms. The van der Waals surface area contributed by atoms with E-state index in [0.717, 1.165) is 0 Å². The summed E-state index contributed by atoms with van der Waals surface area (Å²) in [6.07, 6.45) is 5.30. The molecule has 1 atom stereocenters. The average molecular weight is 176 g/mol. The van der Waals surface area contributed by atoms with E-state index in [0.29, 0.717) is 11.3 Å². The first kappa shape index (κ1) is 9.05. The molecule has 1 unspecified atom stereocenters. The summed E-state index contributed by atoms with van der Waals surface area (Å²) in [5.41, 5.74) is 5.24. The van der Waals surface area contributed by atoms with Gasteiger partial charge in [0.2, 0.25) is 0 Å². The van der Waals surface area contributed by atoms with Gasteiger partial charge in [0.05, 0.1) is 0 Å². The minimum Gasteiger partial charge on any atom is -0.0953 e. The second-order valence-electron chi connectivity index (χ2n) is 5.32. The van der Waals surface area contributed by atoms with Crippen LogP contribution in [0, 0.1) is 11.3 Å². The molecular formula is C13H20. The molecule has 0 heteroatoms. The molecule has 2 aliphatic rings. The molecule has 0 aromatic carbocycles. The van der Waals surface area contributed by atoms with Gasteiger partial charge >= 0.3 is 0 Å². The van der Waals surface area contributed by atoms with E-state index in [-0.39, 0.29) is 0 Å². The van der Waals surface area contributed by atoms with Gasteiger partial charge in [0.25, 0.3) is 0 Å². The monoisotopic (exact) mass is 176 g/mol. The Morgan fingerprint density at radius 3 is 2.69 bits per heavy atom. The Morgan fingerprint density at radius 2 is 2.08 bits per heavy atom. The minimum absolute atomic E-state index is 0.460. The third kappa shape index (κ3) is 1.27. The van der Waals surface area contributed by atoms with Crippen molar-refractivity contribution >= 4 is 0 Å². The second-order valence-corrected chi connectivity index (χ2v) is 5.32. The largest absolute Gasteiger partial charge is 0.0953 e. The highest BCUT2D eigenvalue weighted by Crippen LogP contribution is 2.51. The lowest BCUT2D eigenvalue weighted by Crippen LogP contribution is -2.18. The molecule has 2 aliphatic carbocycles. The first-order valence-electron chi connectivity index (χ1n) is 5.44. The first-order valence-corrected chi connectivity index (χ1v) is 5.44. The van der Waals surface area contributed by atoms with Crippen LogP contribution in [0.2, 0.25) is 0 Å². The van der Waals surface area contributed by atoms with Gasteiger partial charge in [-0.2, -0.15) is 0 Å². The molecule has 0 aromatic heterocycles. The Bertz CT molecular complexity index is 278. The van der Waals surface area contributed by atoms with Gasteiger partial charge in [-0.15, -0.1) is 0 Å². The van der Waals surface area contributed by atoms with Crippen LogP contribution in [-0.2, 0) is 0 Å². The third-order valence-electron chi connectivity index (χ3n) is 3.90. The molecule has 2 rings (SSSR count). The Kier molecular flexibility index (Phi) is 1.90. The van der Waals surface area contributed by atoms with Crippen LogP contribution in [0.3, 0.4) is 0 Å². The van der Waals surface area contributed by atoms with Crippen LogP contribution in [0.25, 0.3) is 0 Å². The summed E-state index contributed by atoms with van der Waals surface area (Å²) in [5, 5.41) is 0. The van der Waals surface area contributed by atoms with Crippen molar-refractivity contribution < 1.29 is 0 Å². The van der Waals surface area contributed by atoms with Crippen LogP contribution in [0.1, 0.15) is 46.5 Å². The fourth-order valence-electron chi connectivity index (χ4n) is 2.90. The molecule has 0 N–H and O–H groups in total. The molecule has 0 aromatic rings. The van der Waals surface area contributed by atoms with E-state index in [4.69, 9.17) is 0 Å². The summed E-state index contributed by atoms with van der Waals surface area (Å²) in [6.45, 7) is 11.3.